The second-order valence-electron chi connectivity index (χ2n) is 3.49. The van der Waals surface area contributed by atoms with Crippen LogP contribution in [0.5, 0.6) is 0 Å². The molecule has 0 radical (unpaired) electrons. The monoisotopic (exact) mass is 252 g/mol. The molecule has 0 spiro atoms. The molecule has 0 aliphatic carbocycles. The Morgan fingerprint density at radius 1 is 0.526 bits per heavy atom. The molecule has 0 saturated heterocycles. The molecule has 0 N–H and O–H groups in total. The maximum absolute atomic E-state index is 10.2. The molecular weight excluding hydrogens is 242 g/mol. The van der Waals surface area contributed by atoms with E-state index in [2.05, 4.69) is 0 Å². The van der Waals surface area contributed by atoms with Crippen molar-refractivity contribution < 1.29 is 20.1 Å². The van der Waals surface area contributed by atoms with E-state index in [0.29, 0.717) is 10.9 Å². The van der Waals surface area contributed by atoms with E-state index in [9.17, 15) is 20.1 Å². The third kappa shape index (κ3) is 6.78. The first-order valence-corrected chi connectivity index (χ1v) is 5.34. The predicted octanol–water partition coefficient (Wildman–Crippen LogP) is -3.71. The molecule has 6 heteroatoms. The van der Waals surface area contributed by atoms with Gasteiger partial charge in [0.1, 0.15) is 0 Å². The summed E-state index contributed by atoms with van der Waals surface area (Å²) in [6.45, 7) is 0. The van der Waals surface area contributed by atoms with Crippen molar-refractivity contribution in [1.82, 2.24) is 0 Å². The van der Waals surface area contributed by atoms with Crippen LogP contribution >= 0.6 is 0 Å². The molecule has 2 rings (SSSR count). The SMILES string of the molecule is [C+4].[O-]B([O-])c1ccccc1.[O-]B([O-])c1ccccc1. The second kappa shape index (κ2) is 9.35. The van der Waals surface area contributed by atoms with E-state index in [-0.39, 0.29) is 7.43 Å². The van der Waals surface area contributed by atoms with Gasteiger partial charge in [0.15, 0.2) is 0 Å². The first-order chi connectivity index (χ1) is 8.61. The van der Waals surface area contributed by atoms with Gasteiger partial charge in [0.2, 0.25) is 0 Å². The quantitative estimate of drug-likeness (QED) is 0.514. The maximum atomic E-state index is 10.2. The van der Waals surface area contributed by atoms with Gasteiger partial charge in [-0.2, -0.15) is 0 Å². The molecule has 2 aromatic rings. The minimum atomic E-state index is -1.84. The van der Waals surface area contributed by atoms with E-state index in [0.717, 1.165) is 0 Å². The van der Waals surface area contributed by atoms with Crippen molar-refractivity contribution in [3.63, 3.8) is 0 Å². The van der Waals surface area contributed by atoms with Gasteiger partial charge in [0, 0.05) is 0 Å². The van der Waals surface area contributed by atoms with Crippen molar-refractivity contribution in [2.75, 3.05) is 0 Å². The van der Waals surface area contributed by atoms with E-state index in [1.165, 1.54) is 24.3 Å². The molecule has 4 nitrogen and oxygen atoms in total. The average molecular weight is 252 g/mol. The number of hydrogen-bond acceptors (Lipinski definition) is 4. The standard InChI is InChI=1S/2C6H5BO2.C/c2*8-7(9)6-4-2-1-3-5-6;/h2*1-5H;/q2*-2;+4. The van der Waals surface area contributed by atoms with E-state index in [4.69, 9.17) is 0 Å². The van der Waals surface area contributed by atoms with Crippen molar-refractivity contribution in [1.29, 1.82) is 0 Å². The van der Waals surface area contributed by atoms with E-state index >= 15 is 0 Å². The molecule has 0 unspecified atom stereocenters. The molecule has 0 aliphatic rings. The summed E-state index contributed by atoms with van der Waals surface area (Å²) in [7, 11) is -3.68. The van der Waals surface area contributed by atoms with Crippen LogP contribution in [0.3, 0.4) is 0 Å². The summed E-state index contributed by atoms with van der Waals surface area (Å²) in [5, 5.41) is 40.7. The molecule has 92 valence electrons. The van der Waals surface area contributed by atoms with Crippen molar-refractivity contribution >= 4 is 25.2 Å². The summed E-state index contributed by atoms with van der Waals surface area (Å²) in [6.07, 6.45) is 0. The predicted molar refractivity (Wildman–Crippen MR) is 66.9 cm³/mol. The first-order valence-electron chi connectivity index (χ1n) is 5.34. The summed E-state index contributed by atoms with van der Waals surface area (Å²) >= 11 is 0. The van der Waals surface area contributed by atoms with Gasteiger partial charge in [-0.3, -0.25) is 0 Å². The van der Waals surface area contributed by atoms with Gasteiger partial charge in [0.05, 0.1) is 0 Å². The van der Waals surface area contributed by atoms with E-state index in [1.54, 1.807) is 36.4 Å². The zero-order chi connectivity index (χ0) is 13.4. The van der Waals surface area contributed by atoms with Crippen LogP contribution in [0.25, 0.3) is 0 Å². The van der Waals surface area contributed by atoms with E-state index in [1.807, 2.05) is 0 Å². The van der Waals surface area contributed by atoms with Crippen molar-refractivity contribution in [3.05, 3.63) is 68.1 Å². The van der Waals surface area contributed by atoms with Gasteiger partial charge in [-0.25, -0.2) is 0 Å². The molecule has 0 heterocycles. The summed E-state index contributed by atoms with van der Waals surface area (Å²) in [4.78, 5) is 0. The van der Waals surface area contributed by atoms with Crippen molar-refractivity contribution in [2.45, 2.75) is 0 Å². The second-order valence-corrected chi connectivity index (χ2v) is 3.49. The average Bonchev–Trinajstić information content (AvgIpc) is 2.41. The smallest absolute Gasteiger partial charge is 0.889 e. The molecule has 0 amide bonds. The third-order valence-corrected chi connectivity index (χ3v) is 2.14. The Balaban J connectivity index is 0.000000324. The summed E-state index contributed by atoms with van der Waals surface area (Å²) in [5.41, 5.74) is 0.606. The molecule has 0 saturated carbocycles. The fourth-order valence-corrected chi connectivity index (χ4v) is 1.22. The van der Waals surface area contributed by atoms with Gasteiger partial charge >= 0.3 is 7.43 Å². The van der Waals surface area contributed by atoms with Gasteiger partial charge in [-0.15, -0.1) is 10.9 Å². The molecule has 0 fully saturated rings. The van der Waals surface area contributed by atoms with Gasteiger partial charge in [0.25, 0.3) is 0 Å². The van der Waals surface area contributed by atoms with Crippen LogP contribution in [0.15, 0.2) is 60.7 Å². The minimum Gasteiger partial charge on any atom is -0.889 e. The van der Waals surface area contributed by atoms with Gasteiger partial charge in [-0.05, 0) is 0 Å². The normalized spacial score (nSPS) is 8.63. The zero-order valence-electron chi connectivity index (χ0n) is 10.1. The van der Waals surface area contributed by atoms with Crippen LogP contribution in [-0.4, -0.2) is 14.2 Å². The Bertz CT molecular complexity index is 391. The molecular formula is C13H10B2O4. The fraction of sp³-hybridized carbons (Fsp3) is 0. The van der Waals surface area contributed by atoms with Crippen LogP contribution < -0.4 is 31.0 Å². The van der Waals surface area contributed by atoms with Crippen LogP contribution in [0.4, 0.5) is 0 Å². The molecule has 0 bridgehead atoms. The van der Waals surface area contributed by atoms with Crippen molar-refractivity contribution in [3.8, 4) is 0 Å². The molecule has 0 aliphatic heterocycles. The number of benzene rings is 2. The largest absolute Gasteiger partial charge is 4.00 e. The molecule has 19 heavy (non-hydrogen) atoms. The van der Waals surface area contributed by atoms with Crippen LogP contribution in [0, 0.1) is 7.43 Å². The molecule has 0 aromatic heterocycles. The molecule has 2 aromatic carbocycles. The molecule has 0 atom stereocenters. The van der Waals surface area contributed by atoms with Crippen LogP contribution in [0.2, 0.25) is 0 Å². The van der Waals surface area contributed by atoms with Gasteiger partial charge in [-0.1, -0.05) is 74.9 Å². The van der Waals surface area contributed by atoms with Crippen molar-refractivity contribution in [2.24, 2.45) is 0 Å². The van der Waals surface area contributed by atoms with Crippen LogP contribution in [0.1, 0.15) is 0 Å². The topological polar surface area (TPSA) is 92.2 Å². The summed E-state index contributed by atoms with van der Waals surface area (Å²) < 4.78 is 0. The Morgan fingerprint density at radius 2 is 0.789 bits per heavy atom. The first kappa shape index (κ1) is 17.4. The number of hydrogen-bond donors (Lipinski definition) is 0. The summed E-state index contributed by atoms with van der Waals surface area (Å²) in [6, 6.07) is 16.4. The zero-order valence-corrected chi connectivity index (χ0v) is 10.1. The Hall–Kier alpha value is -1.59. The Labute approximate surface area is 114 Å². The Kier molecular flexibility index (Phi) is 8.57. The third-order valence-electron chi connectivity index (χ3n) is 2.14. The van der Waals surface area contributed by atoms with Crippen LogP contribution in [-0.2, 0) is 0 Å². The maximum Gasteiger partial charge on any atom is 4.00 e. The van der Waals surface area contributed by atoms with Gasteiger partial charge < -0.3 is 20.1 Å². The summed E-state index contributed by atoms with van der Waals surface area (Å²) in [5.74, 6) is 0. The number of rotatable bonds is 2. The van der Waals surface area contributed by atoms with E-state index < -0.39 is 14.2 Å². The fourth-order valence-electron chi connectivity index (χ4n) is 1.22. The minimum absolute atomic E-state index is 0. The Morgan fingerprint density at radius 3 is 0.947 bits per heavy atom.